The number of aromatic nitrogens is 1. The summed E-state index contributed by atoms with van der Waals surface area (Å²) < 4.78 is 0. The smallest absolute Gasteiger partial charge is 0.108 e. The van der Waals surface area contributed by atoms with E-state index in [0.29, 0.717) is 6.67 Å². The van der Waals surface area contributed by atoms with Crippen LogP contribution in [-0.2, 0) is 10.8 Å². The van der Waals surface area contributed by atoms with E-state index >= 15 is 0 Å². The second kappa shape index (κ2) is 13.0. The number of pyridine rings is 1. The Labute approximate surface area is 340 Å². The predicted octanol–water partition coefficient (Wildman–Crippen LogP) is 11.3. The molecule has 2 aliphatic carbocycles. The van der Waals surface area contributed by atoms with E-state index in [0.717, 1.165) is 22.5 Å². The van der Waals surface area contributed by atoms with Crippen molar-refractivity contribution in [2.45, 2.75) is 50.7 Å². The minimum Gasteiger partial charge on any atom is -0.365 e. The third kappa shape index (κ3) is 5.19. The van der Waals surface area contributed by atoms with E-state index < -0.39 is 0 Å². The van der Waals surface area contributed by atoms with E-state index in [1.807, 2.05) is 6.20 Å². The predicted molar refractivity (Wildman–Crippen MR) is 238 cm³/mol. The van der Waals surface area contributed by atoms with Crippen molar-refractivity contribution in [1.29, 1.82) is 0 Å². The summed E-state index contributed by atoms with van der Waals surface area (Å²) >= 11 is 0. The maximum absolute atomic E-state index is 5.09. The molecule has 2 atom stereocenters. The quantitative estimate of drug-likeness (QED) is 0.164. The van der Waals surface area contributed by atoms with Gasteiger partial charge >= 0.3 is 0 Å². The van der Waals surface area contributed by atoms with Gasteiger partial charge < -0.3 is 10.6 Å². The largest absolute Gasteiger partial charge is 0.365 e. The van der Waals surface area contributed by atoms with Gasteiger partial charge in [-0.1, -0.05) is 167 Å². The second-order valence-electron chi connectivity index (χ2n) is 17.1. The zero-order valence-corrected chi connectivity index (χ0v) is 33.3. The van der Waals surface area contributed by atoms with Gasteiger partial charge in [0.2, 0.25) is 0 Å². The van der Waals surface area contributed by atoms with Crippen LogP contribution in [0.25, 0.3) is 44.6 Å². The Morgan fingerprint density at radius 2 is 1.16 bits per heavy atom. The van der Waals surface area contributed by atoms with Crippen LogP contribution in [0.15, 0.2) is 174 Å². The first-order valence-electron chi connectivity index (χ1n) is 20.4. The van der Waals surface area contributed by atoms with E-state index in [1.165, 1.54) is 77.8 Å². The summed E-state index contributed by atoms with van der Waals surface area (Å²) in [7, 11) is 0. The van der Waals surface area contributed by atoms with Gasteiger partial charge in [0.05, 0.1) is 17.4 Å². The summed E-state index contributed by atoms with van der Waals surface area (Å²) in [6.07, 6.45) is 1.99. The highest BCUT2D eigenvalue weighted by Crippen LogP contribution is 2.53. The summed E-state index contributed by atoms with van der Waals surface area (Å²) in [6.45, 7) is 9.88. The molecule has 4 aliphatic rings. The molecule has 1 aromatic heterocycles. The summed E-state index contributed by atoms with van der Waals surface area (Å²) in [4.78, 5) is 10.1. The van der Waals surface area contributed by atoms with Gasteiger partial charge in [-0.2, -0.15) is 0 Å². The standard InChI is InChI=1S/C53H45N5/c1-52(2)42-20-12-10-18-40(42)49-45(52)47(55-31-56-49)35-26-29-44(54-30-35)39-28-27-36(37-16-8-9-17-38(37)39)32-22-24-33(25-23-32)48-46-50(41-19-11-13-21-43(41)53(46,3)4)58-51(57-48)34-14-6-5-7-15-34/h5-30,48,51,56-58H,31H2,1-4H3. The Hall–Kier alpha value is -6.56. The van der Waals surface area contributed by atoms with Gasteiger partial charge in [0.15, 0.2) is 0 Å². The molecule has 11 rings (SSSR count). The van der Waals surface area contributed by atoms with Gasteiger partial charge in [-0.25, -0.2) is 0 Å². The Kier molecular flexibility index (Phi) is 7.76. The molecule has 3 N–H and O–H groups in total. The van der Waals surface area contributed by atoms with Gasteiger partial charge in [0.25, 0.3) is 0 Å². The van der Waals surface area contributed by atoms with Gasteiger partial charge in [0, 0.05) is 56.2 Å². The molecule has 7 aromatic rings. The number of nitrogens with one attached hydrogen (secondary N) is 3. The Morgan fingerprint density at radius 1 is 0.534 bits per heavy atom. The molecule has 2 unspecified atom stereocenters. The maximum atomic E-state index is 5.09. The van der Waals surface area contributed by atoms with Crippen molar-refractivity contribution in [3.05, 3.63) is 208 Å². The fourth-order valence-electron chi connectivity index (χ4n) is 10.3. The van der Waals surface area contributed by atoms with Crippen LogP contribution in [-0.4, -0.2) is 17.4 Å². The van der Waals surface area contributed by atoms with Crippen molar-refractivity contribution in [2.24, 2.45) is 4.99 Å². The third-order valence-corrected chi connectivity index (χ3v) is 13.1. The zero-order valence-electron chi connectivity index (χ0n) is 33.3. The summed E-state index contributed by atoms with van der Waals surface area (Å²) in [5.41, 5.74) is 19.1. The zero-order chi connectivity index (χ0) is 39.2. The van der Waals surface area contributed by atoms with Crippen molar-refractivity contribution in [3.63, 3.8) is 0 Å². The molecular weight excluding hydrogens is 707 g/mol. The number of rotatable bonds is 5. The fourth-order valence-corrected chi connectivity index (χ4v) is 10.3. The average Bonchev–Trinajstić information content (AvgIpc) is 3.66. The number of aliphatic imine (C=N–C) groups is 1. The average molecular weight is 752 g/mol. The van der Waals surface area contributed by atoms with Crippen molar-refractivity contribution in [3.8, 4) is 22.4 Å². The molecule has 0 spiro atoms. The van der Waals surface area contributed by atoms with Crippen LogP contribution in [0.1, 0.15) is 78.8 Å². The molecule has 0 saturated heterocycles. The van der Waals surface area contributed by atoms with E-state index in [4.69, 9.17) is 9.98 Å². The minimum absolute atomic E-state index is 0.0142. The molecule has 2 aliphatic heterocycles. The van der Waals surface area contributed by atoms with Crippen molar-refractivity contribution in [2.75, 3.05) is 6.67 Å². The highest BCUT2D eigenvalue weighted by Gasteiger charge is 2.45. The molecule has 5 heteroatoms. The minimum atomic E-state index is -0.158. The molecule has 0 bridgehead atoms. The molecule has 58 heavy (non-hydrogen) atoms. The molecule has 6 aromatic carbocycles. The second-order valence-corrected chi connectivity index (χ2v) is 17.1. The van der Waals surface area contributed by atoms with Crippen molar-refractivity contribution in [1.82, 2.24) is 20.9 Å². The Bertz CT molecular complexity index is 2880. The number of hydrogen-bond donors (Lipinski definition) is 3. The van der Waals surface area contributed by atoms with Gasteiger partial charge in [-0.15, -0.1) is 0 Å². The molecule has 282 valence electrons. The van der Waals surface area contributed by atoms with E-state index in [-0.39, 0.29) is 23.0 Å². The summed E-state index contributed by atoms with van der Waals surface area (Å²) in [5, 5.41) is 13.9. The van der Waals surface area contributed by atoms with E-state index in [1.54, 1.807) is 0 Å². The SMILES string of the molecule is CC1(C)C2=C(NCN=C2c2ccc(-c3ccc(-c4ccc(C5NC(c6ccccc6)NC6=C5C(C)(C)c5ccccc56)cc4)c4ccccc34)nc2)c2ccccc21. The topological polar surface area (TPSA) is 61.3 Å². The molecule has 0 fully saturated rings. The van der Waals surface area contributed by atoms with Gasteiger partial charge in [-0.3, -0.25) is 15.3 Å². The van der Waals surface area contributed by atoms with Crippen LogP contribution in [0.4, 0.5) is 0 Å². The number of fused-ring (bicyclic) bond motifs is 5. The van der Waals surface area contributed by atoms with Gasteiger partial charge in [-0.05, 0) is 61.9 Å². The Morgan fingerprint density at radius 3 is 1.88 bits per heavy atom. The van der Waals surface area contributed by atoms with E-state index in [9.17, 15) is 0 Å². The number of allylic oxidation sites excluding steroid dienone is 1. The fraction of sp³-hybridized carbons (Fsp3) is 0.170. The van der Waals surface area contributed by atoms with Crippen LogP contribution in [0.5, 0.6) is 0 Å². The molecular formula is C53H45N5. The lowest BCUT2D eigenvalue weighted by molar-refractivity contribution is 0.398. The first kappa shape index (κ1) is 34.7. The Balaban J connectivity index is 0.924. The number of nitrogens with zero attached hydrogens (tertiary/aromatic N) is 2. The normalized spacial score (nSPS) is 19.8. The van der Waals surface area contributed by atoms with Gasteiger partial charge in [0.1, 0.15) is 12.8 Å². The lowest BCUT2D eigenvalue weighted by Gasteiger charge is -2.39. The van der Waals surface area contributed by atoms with Crippen LogP contribution < -0.4 is 16.0 Å². The molecule has 0 amide bonds. The molecule has 0 saturated carbocycles. The van der Waals surface area contributed by atoms with Crippen LogP contribution >= 0.6 is 0 Å². The van der Waals surface area contributed by atoms with E-state index in [2.05, 4.69) is 195 Å². The molecule has 3 heterocycles. The first-order valence-corrected chi connectivity index (χ1v) is 20.4. The summed E-state index contributed by atoms with van der Waals surface area (Å²) in [6, 6.07) is 55.2. The van der Waals surface area contributed by atoms with Crippen molar-refractivity contribution >= 4 is 27.9 Å². The molecule has 0 radical (unpaired) electrons. The number of hydrogen-bond acceptors (Lipinski definition) is 5. The maximum Gasteiger partial charge on any atom is 0.108 e. The lowest BCUT2D eigenvalue weighted by Crippen LogP contribution is -2.43. The van der Waals surface area contributed by atoms with Crippen LogP contribution in [0, 0.1) is 0 Å². The van der Waals surface area contributed by atoms with Crippen molar-refractivity contribution < 1.29 is 0 Å². The molecule has 5 nitrogen and oxygen atoms in total. The summed E-state index contributed by atoms with van der Waals surface area (Å²) in [5.74, 6) is 0. The van der Waals surface area contributed by atoms with Crippen LogP contribution in [0.3, 0.4) is 0 Å². The highest BCUT2D eigenvalue weighted by molar-refractivity contribution is 6.20. The number of benzene rings is 6. The third-order valence-electron chi connectivity index (χ3n) is 13.1. The monoisotopic (exact) mass is 751 g/mol. The first-order chi connectivity index (χ1) is 28.3. The van der Waals surface area contributed by atoms with Crippen LogP contribution in [0.2, 0.25) is 0 Å². The lowest BCUT2D eigenvalue weighted by atomic mass is 9.76. The highest BCUT2D eigenvalue weighted by atomic mass is 15.2.